The minimum Gasteiger partial charge on any atom is -0.351 e. The standard InChI is InChI=1S/C20H28N4O2S/c25-18(21-10-13-23-11-6-1-2-7-12-23)15-14-22-20-24(19(15)26)16-8-4-3-5-9-17(16)27-20/h14H,1-13H2,(H,21,25). The molecule has 1 fully saturated rings. The van der Waals surface area contributed by atoms with E-state index in [0.29, 0.717) is 11.5 Å². The fourth-order valence-electron chi connectivity index (χ4n) is 4.18. The minimum atomic E-state index is -0.301. The summed E-state index contributed by atoms with van der Waals surface area (Å²) in [6, 6.07) is 0. The number of aromatic nitrogens is 2. The molecule has 0 bridgehead atoms. The molecule has 1 amide bonds. The van der Waals surface area contributed by atoms with Crippen LogP contribution in [0.4, 0.5) is 0 Å². The molecule has 1 aliphatic heterocycles. The quantitative estimate of drug-likeness (QED) is 0.818. The Hall–Kier alpha value is -1.73. The number of nitrogens with one attached hydrogen (secondary N) is 1. The molecule has 2 aliphatic rings. The van der Waals surface area contributed by atoms with E-state index in [4.69, 9.17) is 0 Å². The third-order valence-electron chi connectivity index (χ3n) is 5.71. The summed E-state index contributed by atoms with van der Waals surface area (Å²) in [4.78, 5) is 34.4. The van der Waals surface area contributed by atoms with Crippen LogP contribution in [-0.2, 0) is 12.8 Å². The molecule has 7 heteroatoms. The third kappa shape index (κ3) is 4.09. The number of hydrogen-bond acceptors (Lipinski definition) is 5. The van der Waals surface area contributed by atoms with Gasteiger partial charge in [-0.25, -0.2) is 4.98 Å². The van der Waals surface area contributed by atoms with Crippen LogP contribution < -0.4 is 10.9 Å². The van der Waals surface area contributed by atoms with Crippen molar-refractivity contribution in [3.05, 3.63) is 32.7 Å². The van der Waals surface area contributed by atoms with Crippen molar-refractivity contribution in [1.82, 2.24) is 19.6 Å². The zero-order valence-electron chi connectivity index (χ0n) is 15.8. The van der Waals surface area contributed by atoms with E-state index < -0.39 is 0 Å². The van der Waals surface area contributed by atoms with Crippen LogP contribution in [0, 0.1) is 0 Å². The van der Waals surface area contributed by atoms with E-state index >= 15 is 0 Å². The number of rotatable bonds is 4. The molecule has 0 unspecified atom stereocenters. The van der Waals surface area contributed by atoms with Gasteiger partial charge in [-0.15, -0.1) is 11.3 Å². The monoisotopic (exact) mass is 388 g/mol. The predicted octanol–water partition coefficient (Wildman–Crippen LogP) is 2.63. The third-order valence-corrected chi connectivity index (χ3v) is 6.87. The maximum absolute atomic E-state index is 13.0. The van der Waals surface area contributed by atoms with Crippen LogP contribution in [0.3, 0.4) is 0 Å². The molecule has 0 saturated carbocycles. The summed E-state index contributed by atoms with van der Waals surface area (Å²) < 4.78 is 1.69. The van der Waals surface area contributed by atoms with Gasteiger partial charge in [-0.05, 0) is 51.6 Å². The van der Waals surface area contributed by atoms with E-state index in [-0.39, 0.29) is 17.0 Å². The van der Waals surface area contributed by atoms with E-state index in [9.17, 15) is 9.59 Å². The summed E-state index contributed by atoms with van der Waals surface area (Å²) in [5, 5.41) is 2.93. The van der Waals surface area contributed by atoms with Crippen molar-refractivity contribution in [3.8, 4) is 0 Å². The lowest BCUT2D eigenvalue weighted by atomic mass is 10.2. The number of fused-ring (bicyclic) bond motifs is 3. The Bertz CT molecular complexity index is 865. The number of likely N-dealkylation sites (tertiary alicyclic amines) is 1. The molecule has 6 nitrogen and oxygen atoms in total. The first-order chi connectivity index (χ1) is 13.2. The van der Waals surface area contributed by atoms with Crippen molar-refractivity contribution in [2.45, 2.75) is 57.8 Å². The summed E-state index contributed by atoms with van der Waals surface area (Å²) in [5.74, 6) is -0.301. The Kier molecular flexibility index (Phi) is 5.88. The van der Waals surface area contributed by atoms with Crippen LogP contribution in [0.1, 0.15) is 65.9 Å². The Morgan fingerprint density at radius 3 is 2.63 bits per heavy atom. The van der Waals surface area contributed by atoms with Crippen molar-refractivity contribution < 1.29 is 4.79 Å². The molecule has 4 rings (SSSR count). The lowest BCUT2D eigenvalue weighted by Gasteiger charge is -2.19. The number of hydrogen-bond donors (Lipinski definition) is 1. The Morgan fingerprint density at radius 1 is 1.07 bits per heavy atom. The first-order valence-electron chi connectivity index (χ1n) is 10.3. The Balaban J connectivity index is 1.47. The van der Waals surface area contributed by atoms with Crippen molar-refractivity contribution in [3.63, 3.8) is 0 Å². The number of amides is 1. The molecule has 0 atom stereocenters. The SMILES string of the molecule is O=C(NCCN1CCCCCC1)c1cnc2sc3c(n2c1=O)CCCCC3. The second-order valence-electron chi connectivity index (χ2n) is 7.64. The Morgan fingerprint density at radius 2 is 1.81 bits per heavy atom. The molecule has 0 radical (unpaired) electrons. The second-order valence-corrected chi connectivity index (χ2v) is 8.70. The molecule has 1 aliphatic carbocycles. The van der Waals surface area contributed by atoms with Gasteiger partial charge in [-0.2, -0.15) is 0 Å². The van der Waals surface area contributed by atoms with Crippen molar-refractivity contribution in [1.29, 1.82) is 0 Å². The maximum atomic E-state index is 13.0. The maximum Gasteiger partial charge on any atom is 0.271 e. The summed E-state index contributed by atoms with van der Waals surface area (Å²) in [6.07, 6.45) is 11.9. The highest BCUT2D eigenvalue weighted by Gasteiger charge is 2.20. The molecule has 0 spiro atoms. The van der Waals surface area contributed by atoms with E-state index in [1.54, 1.807) is 15.7 Å². The molecule has 1 saturated heterocycles. The fourth-order valence-corrected chi connectivity index (χ4v) is 5.35. The Labute approximate surface area is 163 Å². The van der Waals surface area contributed by atoms with Crippen LogP contribution in [-0.4, -0.2) is 46.4 Å². The molecule has 27 heavy (non-hydrogen) atoms. The number of thiazole rings is 1. The zero-order chi connectivity index (χ0) is 18.6. The molecule has 146 valence electrons. The topological polar surface area (TPSA) is 66.7 Å². The van der Waals surface area contributed by atoms with Crippen molar-refractivity contribution in [2.75, 3.05) is 26.2 Å². The lowest BCUT2D eigenvalue weighted by molar-refractivity contribution is 0.0946. The van der Waals surface area contributed by atoms with Gasteiger partial charge in [0, 0.05) is 29.9 Å². The minimum absolute atomic E-state index is 0.160. The molecule has 3 heterocycles. The van der Waals surface area contributed by atoms with Gasteiger partial charge in [-0.1, -0.05) is 19.3 Å². The van der Waals surface area contributed by atoms with E-state index in [1.807, 2.05) is 0 Å². The second kappa shape index (κ2) is 8.52. The zero-order valence-corrected chi connectivity index (χ0v) is 16.7. The summed E-state index contributed by atoms with van der Waals surface area (Å²) >= 11 is 1.60. The highest BCUT2D eigenvalue weighted by atomic mass is 32.1. The predicted molar refractivity (Wildman–Crippen MR) is 108 cm³/mol. The van der Waals surface area contributed by atoms with Gasteiger partial charge in [0.25, 0.3) is 11.5 Å². The highest BCUT2D eigenvalue weighted by molar-refractivity contribution is 7.17. The average molecular weight is 389 g/mol. The van der Waals surface area contributed by atoms with Crippen LogP contribution >= 0.6 is 11.3 Å². The number of nitrogens with zero attached hydrogens (tertiary/aromatic N) is 3. The molecular formula is C20H28N4O2S. The van der Waals surface area contributed by atoms with E-state index in [2.05, 4.69) is 15.2 Å². The molecule has 2 aromatic heterocycles. The van der Waals surface area contributed by atoms with Crippen LogP contribution in [0.15, 0.2) is 11.0 Å². The first kappa shape index (κ1) is 18.6. The molecule has 2 aromatic rings. The average Bonchev–Trinajstić information content (AvgIpc) is 2.86. The van der Waals surface area contributed by atoms with Crippen LogP contribution in [0.5, 0.6) is 0 Å². The van der Waals surface area contributed by atoms with Gasteiger partial charge in [0.05, 0.1) is 0 Å². The summed E-state index contributed by atoms with van der Waals surface area (Å²) in [6.45, 7) is 3.62. The highest BCUT2D eigenvalue weighted by Crippen LogP contribution is 2.27. The van der Waals surface area contributed by atoms with Gasteiger partial charge in [0.15, 0.2) is 4.96 Å². The van der Waals surface area contributed by atoms with Crippen LogP contribution in [0.25, 0.3) is 4.96 Å². The summed E-state index contributed by atoms with van der Waals surface area (Å²) in [7, 11) is 0. The largest absolute Gasteiger partial charge is 0.351 e. The molecule has 0 aromatic carbocycles. The van der Waals surface area contributed by atoms with Crippen molar-refractivity contribution in [2.24, 2.45) is 0 Å². The number of aryl methyl sites for hydroxylation is 2. The number of carbonyl (C=O) groups is 1. The smallest absolute Gasteiger partial charge is 0.271 e. The van der Waals surface area contributed by atoms with Gasteiger partial charge in [0.1, 0.15) is 5.56 Å². The van der Waals surface area contributed by atoms with Gasteiger partial charge >= 0.3 is 0 Å². The van der Waals surface area contributed by atoms with Gasteiger partial charge in [0.2, 0.25) is 0 Å². The normalized spacial score (nSPS) is 18.7. The lowest BCUT2D eigenvalue weighted by Crippen LogP contribution is -2.37. The first-order valence-corrected chi connectivity index (χ1v) is 11.1. The van der Waals surface area contributed by atoms with E-state index in [0.717, 1.165) is 44.6 Å². The molecule has 1 N–H and O–H groups in total. The molecular weight excluding hydrogens is 360 g/mol. The van der Waals surface area contributed by atoms with E-state index in [1.165, 1.54) is 49.6 Å². The van der Waals surface area contributed by atoms with Crippen molar-refractivity contribution >= 4 is 22.2 Å². The van der Waals surface area contributed by atoms with Crippen LogP contribution in [0.2, 0.25) is 0 Å². The fraction of sp³-hybridized carbons (Fsp3) is 0.650. The number of carbonyl (C=O) groups excluding carboxylic acids is 1. The van der Waals surface area contributed by atoms with Gasteiger partial charge in [-0.3, -0.25) is 14.0 Å². The van der Waals surface area contributed by atoms with Gasteiger partial charge < -0.3 is 10.2 Å². The summed E-state index contributed by atoms with van der Waals surface area (Å²) in [5.41, 5.74) is 1.02.